The summed E-state index contributed by atoms with van der Waals surface area (Å²) in [5.74, 6) is 0.313. The van der Waals surface area contributed by atoms with Crippen LogP contribution in [0.15, 0.2) is 40.6 Å². The topological polar surface area (TPSA) is 37.4 Å². The van der Waals surface area contributed by atoms with Crippen LogP contribution in [0.5, 0.6) is 0 Å². The van der Waals surface area contributed by atoms with Crippen molar-refractivity contribution in [3.05, 3.63) is 51.7 Å². The monoisotopic (exact) mass is 341 g/mol. The van der Waals surface area contributed by atoms with E-state index in [0.717, 1.165) is 17.5 Å². The molecule has 1 aliphatic rings. The molecular weight excluding hydrogens is 326 g/mol. The van der Waals surface area contributed by atoms with Gasteiger partial charge >= 0.3 is 0 Å². The second-order valence-electron chi connectivity index (χ2n) is 5.12. The summed E-state index contributed by atoms with van der Waals surface area (Å²) in [7, 11) is -3.49. The molecule has 0 spiro atoms. The Morgan fingerprint density at radius 1 is 1.38 bits per heavy atom. The summed E-state index contributed by atoms with van der Waals surface area (Å²) in [6.07, 6.45) is 0.783. The number of rotatable bonds is 3. The van der Waals surface area contributed by atoms with Crippen LogP contribution in [0.2, 0.25) is 0 Å². The molecule has 0 amide bonds. The van der Waals surface area contributed by atoms with Gasteiger partial charge in [-0.2, -0.15) is 4.31 Å². The maximum absolute atomic E-state index is 12.9. The summed E-state index contributed by atoms with van der Waals surface area (Å²) in [5.41, 5.74) is 1.95. The maximum Gasteiger partial charge on any atom is 0.243 e. The number of sulfonamides is 1. The molecular formula is C15H16ClNO2S2. The van der Waals surface area contributed by atoms with Crippen LogP contribution in [0.25, 0.3) is 0 Å². The molecule has 0 radical (unpaired) electrons. The van der Waals surface area contributed by atoms with E-state index in [2.05, 4.69) is 0 Å². The predicted octanol–water partition coefficient (Wildman–Crippen LogP) is 3.79. The van der Waals surface area contributed by atoms with E-state index >= 15 is 0 Å². The van der Waals surface area contributed by atoms with Gasteiger partial charge in [-0.15, -0.1) is 22.9 Å². The van der Waals surface area contributed by atoms with Gasteiger partial charge in [0.25, 0.3) is 0 Å². The lowest BCUT2D eigenvalue weighted by atomic mass is 10.0. The van der Waals surface area contributed by atoms with E-state index in [9.17, 15) is 8.42 Å². The van der Waals surface area contributed by atoms with E-state index in [1.54, 1.807) is 33.8 Å². The fourth-order valence-corrected chi connectivity index (χ4v) is 5.55. The summed E-state index contributed by atoms with van der Waals surface area (Å²) in [5, 5.41) is 2.03. The van der Waals surface area contributed by atoms with Crippen LogP contribution in [0.4, 0.5) is 0 Å². The first-order chi connectivity index (χ1) is 10.0. The zero-order valence-electron chi connectivity index (χ0n) is 11.6. The van der Waals surface area contributed by atoms with E-state index in [0.29, 0.717) is 17.3 Å². The summed E-state index contributed by atoms with van der Waals surface area (Å²) in [6, 6.07) is 8.79. The van der Waals surface area contributed by atoms with Gasteiger partial charge in [-0.05, 0) is 48.1 Å². The lowest BCUT2D eigenvalue weighted by Gasteiger charge is -2.32. The first kappa shape index (κ1) is 15.0. The Kier molecular flexibility index (Phi) is 4.10. The van der Waals surface area contributed by atoms with Crippen LogP contribution >= 0.6 is 22.9 Å². The first-order valence-corrected chi connectivity index (χ1v) is 9.62. The van der Waals surface area contributed by atoms with Crippen molar-refractivity contribution in [3.8, 4) is 0 Å². The Balaban J connectivity index is 1.99. The largest absolute Gasteiger partial charge is 0.243 e. The molecule has 0 saturated heterocycles. The third kappa shape index (κ3) is 2.63. The molecule has 6 heteroatoms. The van der Waals surface area contributed by atoms with Crippen molar-refractivity contribution in [2.75, 3.05) is 6.54 Å². The number of fused-ring (bicyclic) bond motifs is 1. The second-order valence-corrected chi connectivity index (χ2v) is 8.28. The van der Waals surface area contributed by atoms with Crippen molar-refractivity contribution in [2.24, 2.45) is 0 Å². The predicted molar refractivity (Wildman–Crippen MR) is 86.3 cm³/mol. The molecule has 2 heterocycles. The number of benzene rings is 1. The Hall–Kier alpha value is -0.880. The fourth-order valence-electron chi connectivity index (χ4n) is 2.74. The van der Waals surface area contributed by atoms with Crippen LogP contribution in [0.1, 0.15) is 29.0 Å². The molecule has 3 rings (SSSR count). The van der Waals surface area contributed by atoms with E-state index in [1.165, 1.54) is 4.88 Å². The molecule has 1 unspecified atom stereocenters. The minimum atomic E-state index is -3.49. The number of hydrogen-bond donors (Lipinski definition) is 0. The van der Waals surface area contributed by atoms with Crippen LogP contribution in [-0.2, 0) is 22.3 Å². The van der Waals surface area contributed by atoms with Gasteiger partial charge in [0.2, 0.25) is 10.0 Å². The van der Waals surface area contributed by atoms with E-state index < -0.39 is 10.0 Å². The van der Waals surface area contributed by atoms with Crippen molar-refractivity contribution in [2.45, 2.75) is 30.2 Å². The van der Waals surface area contributed by atoms with Crippen LogP contribution in [-0.4, -0.2) is 19.3 Å². The summed E-state index contributed by atoms with van der Waals surface area (Å²) in [6.45, 7) is 2.48. The Labute approximate surface area is 134 Å². The Morgan fingerprint density at radius 2 is 2.19 bits per heavy atom. The summed E-state index contributed by atoms with van der Waals surface area (Å²) < 4.78 is 27.4. The molecule has 2 aromatic rings. The van der Waals surface area contributed by atoms with Crippen LogP contribution < -0.4 is 0 Å². The molecule has 3 nitrogen and oxygen atoms in total. The number of nitrogens with zero attached hydrogens (tertiary/aromatic N) is 1. The minimum absolute atomic E-state index is 0.121. The SMILES string of the molecule is CC1c2ccsc2CCN1S(=O)(=O)c1cccc(CCl)c1. The van der Waals surface area contributed by atoms with Gasteiger partial charge in [-0.1, -0.05) is 12.1 Å². The standard InChI is InChI=1S/C15H16ClNO2S2/c1-11-14-6-8-20-15(14)5-7-17(11)21(18,19)13-4-2-3-12(9-13)10-16/h2-4,6,8-9,11H,5,7,10H2,1H3. The highest BCUT2D eigenvalue weighted by molar-refractivity contribution is 7.89. The molecule has 1 aromatic carbocycles. The summed E-state index contributed by atoms with van der Waals surface area (Å²) >= 11 is 7.51. The zero-order chi connectivity index (χ0) is 15.0. The quantitative estimate of drug-likeness (QED) is 0.796. The number of halogens is 1. The smallest absolute Gasteiger partial charge is 0.207 e. The van der Waals surface area contributed by atoms with E-state index in [1.807, 2.05) is 24.4 Å². The number of alkyl halides is 1. The normalized spacial score (nSPS) is 19.4. The Bertz CT molecular complexity index is 755. The highest BCUT2D eigenvalue weighted by atomic mass is 35.5. The highest BCUT2D eigenvalue weighted by Crippen LogP contribution is 2.36. The summed E-state index contributed by atoms with van der Waals surface area (Å²) in [4.78, 5) is 1.62. The van der Waals surface area contributed by atoms with Crippen molar-refractivity contribution in [1.29, 1.82) is 0 Å². The van der Waals surface area contributed by atoms with Crippen molar-refractivity contribution >= 4 is 33.0 Å². The highest BCUT2D eigenvalue weighted by Gasteiger charge is 2.34. The fraction of sp³-hybridized carbons (Fsp3) is 0.333. The van der Waals surface area contributed by atoms with Crippen LogP contribution in [0.3, 0.4) is 0 Å². The average molecular weight is 342 g/mol. The third-order valence-electron chi connectivity index (χ3n) is 3.88. The lowest BCUT2D eigenvalue weighted by Crippen LogP contribution is -2.38. The number of thiophene rings is 1. The molecule has 1 aliphatic heterocycles. The van der Waals surface area contributed by atoms with Gasteiger partial charge < -0.3 is 0 Å². The zero-order valence-corrected chi connectivity index (χ0v) is 14.0. The van der Waals surface area contributed by atoms with Gasteiger partial charge in [-0.3, -0.25) is 0 Å². The van der Waals surface area contributed by atoms with E-state index in [4.69, 9.17) is 11.6 Å². The average Bonchev–Trinajstić information content (AvgIpc) is 2.97. The molecule has 0 N–H and O–H groups in total. The lowest BCUT2D eigenvalue weighted by molar-refractivity contribution is 0.329. The first-order valence-electron chi connectivity index (χ1n) is 6.77. The molecule has 0 aliphatic carbocycles. The molecule has 1 aromatic heterocycles. The van der Waals surface area contributed by atoms with Crippen molar-refractivity contribution in [1.82, 2.24) is 4.31 Å². The number of hydrogen-bond acceptors (Lipinski definition) is 3. The van der Waals surface area contributed by atoms with Gasteiger partial charge in [0.1, 0.15) is 0 Å². The minimum Gasteiger partial charge on any atom is -0.207 e. The van der Waals surface area contributed by atoms with Crippen LogP contribution in [0, 0.1) is 0 Å². The second kappa shape index (κ2) is 5.72. The third-order valence-corrected chi connectivity index (χ3v) is 7.15. The van der Waals surface area contributed by atoms with Gasteiger partial charge in [0, 0.05) is 23.3 Å². The van der Waals surface area contributed by atoms with Crippen molar-refractivity contribution < 1.29 is 8.42 Å². The van der Waals surface area contributed by atoms with Crippen molar-refractivity contribution in [3.63, 3.8) is 0 Å². The van der Waals surface area contributed by atoms with Gasteiger partial charge in [0.15, 0.2) is 0 Å². The van der Waals surface area contributed by atoms with Gasteiger partial charge in [-0.25, -0.2) is 8.42 Å². The molecule has 1 atom stereocenters. The molecule has 0 saturated carbocycles. The maximum atomic E-state index is 12.9. The molecule has 0 bridgehead atoms. The molecule has 21 heavy (non-hydrogen) atoms. The molecule has 0 fully saturated rings. The van der Waals surface area contributed by atoms with Gasteiger partial charge in [0.05, 0.1) is 4.90 Å². The molecule has 112 valence electrons. The Morgan fingerprint density at radius 3 is 2.95 bits per heavy atom. The van der Waals surface area contributed by atoms with E-state index in [-0.39, 0.29) is 6.04 Å².